The largest absolute Gasteiger partial charge is 0.395 e. The third-order valence-electron chi connectivity index (χ3n) is 2.47. The Hall–Kier alpha value is -1.16. The number of aliphatic hydroxyl groups is 1. The summed E-state index contributed by atoms with van der Waals surface area (Å²) >= 11 is 1.50. The van der Waals surface area contributed by atoms with Gasteiger partial charge in [0.05, 0.1) is 12.4 Å². The molecule has 2 heterocycles. The van der Waals surface area contributed by atoms with Gasteiger partial charge in [-0.25, -0.2) is 22.6 Å². The number of hydrogen-bond donors (Lipinski definition) is 2. The Labute approximate surface area is 121 Å². The summed E-state index contributed by atoms with van der Waals surface area (Å²) in [6.07, 6.45) is 3.97. The molecular formula is C11H16N4O3S2. The Kier molecular flexibility index (Phi) is 5.35. The zero-order valence-electron chi connectivity index (χ0n) is 10.8. The van der Waals surface area contributed by atoms with Gasteiger partial charge in [0.2, 0.25) is 10.0 Å². The van der Waals surface area contributed by atoms with Crippen LogP contribution in [-0.4, -0.2) is 52.8 Å². The van der Waals surface area contributed by atoms with Crippen molar-refractivity contribution in [2.24, 2.45) is 0 Å². The molecule has 0 spiro atoms. The van der Waals surface area contributed by atoms with E-state index in [1.165, 1.54) is 11.8 Å². The summed E-state index contributed by atoms with van der Waals surface area (Å²) in [6.45, 7) is -0.128. The molecule has 0 amide bonds. The van der Waals surface area contributed by atoms with Crippen molar-refractivity contribution in [3.8, 4) is 0 Å². The van der Waals surface area contributed by atoms with Crippen LogP contribution in [0.1, 0.15) is 6.42 Å². The van der Waals surface area contributed by atoms with E-state index in [4.69, 9.17) is 5.11 Å². The van der Waals surface area contributed by atoms with Crippen molar-refractivity contribution in [3.63, 3.8) is 0 Å². The highest BCUT2D eigenvalue weighted by molar-refractivity contribution is 7.99. The number of fused-ring (bicyclic) bond motifs is 1. The smallest absolute Gasteiger partial charge is 0.211 e. The Morgan fingerprint density at radius 2 is 2.25 bits per heavy atom. The summed E-state index contributed by atoms with van der Waals surface area (Å²) in [7, 11) is -3.28. The van der Waals surface area contributed by atoms with Crippen molar-refractivity contribution < 1.29 is 13.5 Å². The van der Waals surface area contributed by atoms with Gasteiger partial charge in [0.25, 0.3) is 0 Å². The molecule has 0 aliphatic rings. The average molecular weight is 316 g/mol. The maximum Gasteiger partial charge on any atom is 0.211 e. The monoisotopic (exact) mass is 316 g/mol. The van der Waals surface area contributed by atoms with Gasteiger partial charge in [-0.1, -0.05) is 0 Å². The SMILES string of the molecule is O=S(=O)(CCCSc1ccc2nccn2n1)NCCO. The van der Waals surface area contributed by atoms with Gasteiger partial charge in [0.1, 0.15) is 5.03 Å². The molecule has 0 aromatic carbocycles. The third-order valence-corrected chi connectivity index (χ3v) is 4.95. The lowest BCUT2D eigenvalue weighted by Crippen LogP contribution is -2.29. The first-order valence-corrected chi connectivity index (χ1v) is 8.76. The van der Waals surface area contributed by atoms with Gasteiger partial charge in [0, 0.05) is 24.7 Å². The van der Waals surface area contributed by atoms with Crippen LogP contribution >= 0.6 is 11.8 Å². The zero-order chi connectivity index (χ0) is 14.4. The van der Waals surface area contributed by atoms with Crippen molar-refractivity contribution in [1.29, 1.82) is 0 Å². The minimum atomic E-state index is -3.28. The van der Waals surface area contributed by atoms with Crippen LogP contribution in [-0.2, 0) is 10.0 Å². The topological polar surface area (TPSA) is 96.6 Å². The Bertz CT molecular complexity index is 656. The molecule has 0 unspecified atom stereocenters. The number of sulfonamides is 1. The lowest BCUT2D eigenvalue weighted by atomic mass is 10.6. The van der Waals surface area contributed by atoms with E-state index >= 15 is 0 Å². The molecule has 9 heteroatoms. The number of hydrogen-bond acceptors (Lipinski definition) is 6. The molecule has 0 radical (unpaired) electrons. The van der Waals surface area contributed by atoms with Crippen LogP contribution in [0.5, 0.6) is 0 Å². The van der Waals surface area contributed by atoms with Crippen molar-refractivity contribution >= 4 is 27.4 Å². The maximum absolute atomic E-state index is 11.5. The third kappa shape index (κ3) is 4.44. The maximum atomic E-state index is 11.5. The minimum absolute atomic E-state index is 0.0489. The van der Waals surface area contributed by atoms with E-state index in [1.807, 2.05) is 12.1 Å². The molecule has 0 aliphatic carbocycles. The Morgan fingerprint density at radius 1 is 1.40 bits per heavy atom. The lowest BCUT2D eigenvalue weighted by molar-refractivity contribution is 0.301. The first kappa shape index (κ1) is 15.2. The molecule has 2 rings (SSSR count). The Balaban J connectivity index is 1.78. The van der Waals surface area contributed by atoms with E-state index in [1.54, 1.807) is 16.9 Å². The quantitative estimate of drug-likeness (QED) is 0.530. The summed E-state index contributed by atoms with van der Waals surface area (Å²) in [5.74, 6) is 0.709. The van der Waals surface area contributed by atoms with Crippen LogP contribution in [0.2, 0.25) is 0 Å². The van der Waals surface area contributed by atoms with Gasteiger partial charge in [-0.3, -0.25) is 0 Å². The summed E-state index contributed by atoms with van der Waals surface area (Å²) < 4.78 is 27.0. The van der Waals surface area contributed by atoms with Crippen LogP contribution in [0.4, 0.5) is 0 Å². The van der Waals surface area contributed by atoms with Gasteiger partial charge in [0.15, 0.2) is 5.65 Å². The molecule has 0 saturated heterocycles. The van der Waals surface area contributed by atoms with E-state index in [-0.39, 0.29) is 18.9 Å². The van der Waals surface area contributed by atoms with Crippen LogP contribution in [0.3, 0.4) is 0 Å². The predicted octanol–water partition coefficient (Wildman–Crippen LogP) is 0.123. The zero-order valence-corrected chi connectivity index (χ0v) is 12.4. The second kappa shape index (κ2) is 7.02. The molecule has 2 aromatic rings. The Morgan fingerprint density at radius 3 is 3.05 bits per heavy atom. The number of thioether (sulfide) groups is 1. The fourth-order valence-electron chi connectivity index (χ4n) is 1.57. The standard InChI is InChI=1S/C11H16N4O3S2/c16-7-5-13-20(17,18)9-1-8-19-11-3-2-10-12-4-6-15(10)14-11/h2-4,6,13,16H,1,5,7-9H2. The van der Waals surface area contributed by atoms with E-state index < -0.39 is 10.0 Å². The molecule has 0 saturated carbocycles. The van der Waals surface area contributed by atoms with Crippen molar-refractivity contribution in [2.75, 3.05) is 24.7 Å². The molecule has 2 aromatic heterocycles. The van der Waals surface area contributed by atoms with Gasteiger partial charge < -0.3 is 5.11 Å². The molecule has 0 aliphatic heterocycles. The van der Waals surface area contributed by atoms with Crippen molar-refractivity contribution in [2.45, 2.75) is 11.4 Å². The number of rotatable bonds is 8. The molecule has 110 valence electrons. The summed E-state index contributed by atoms with van der Waals surface area (Å²) in [5.41, 5.74) is 0.783. The van der Waals surface area contributed by atoms with Gasteiger partial charge >= 0.3 is 0 Å². The summed E-state index contributed by atoms with van der Waals surface area (Å²) in [5, 5.41) is 13.7. The molecule has 0 bridgehead atoms. The fourth-order valence-corrected chi connectivity index (χ4v) is 3.64. The normalized spacial score (nSPS) is 12.1. The second-order valence-corrected chi connectivity index (χ2v) is 7.08. The molecular weight excluding hydrogens is 300 g/mol. The van der Waals surface area contributed by atoms with E-state index in [0.29, 0.717) is 12.2 Å². The molecule has 0 fully saturated rings. The first-order chi connectivity index (χ1) is 9.61. The molecule has 2 N–H and O–H groups in total. The predicted molar refractivity (Wildman–Crippen MR) is 77.2 cm³/mol. The van der Waals surface area contributed by atoms with E-state index in [0.717, 1.165) is 10.7 Å². The number of aromatic nitrogens is 3. The van der Waals surface area contributed by atoms with Crippen LogP contribution < -0.4 is 4.72 Å². The van der Waals surface area contributed by atoms with E-state index in [9.17, 15) is 8.42 Å². The highest BCUT2D eigenvalue weighted by Gasteiger charge is 2.09. The molecule has 0 atom stereocenters. The summed E-state index contributed by atoms with van der Waals surface area (Å²) in [4.78, 5) is 4.10. The van der Waals surface area contributed by atoms with Crippen LogP contribution in [0.15, 0.2) is 29.6 Å². The highest BCUT2D eigenvalue weighted by atomic mass is 32.2. The number of imidazole rings is 1. The van der Waals surface area contributed by atoms with Gasteiger partial charge in [-0.2, -0.15) is 5.10 Å². The van der Waals surface area contributed by atoms with Gasteiger partial charge in [-0.15, -0.1) is 11.8 Å². The summed E-state index contributed by atoms with van der Waals surface area (Å²) in [6, 6.07) is 3.74. The molecule has 20 heavy (non-hydrogen) atoms. The number of nitrogens with one attached hydrogen (secondary N) is 1. The average Bonchev–Trinajstić information content (AvgIpc) is 2.89. The second-order valence-electron chi connectivity index (χ2n) is 4.04. The van der Waals surface area contributed by atoms with Gasteiger partial charge in [-0.05, 0) is 18.6 Å². The number of nitrogens with zero attached hydrogens (tertiary/aromatic N) is 3. The lowest BCUT2D eigenvalue weighted by Gasteiger charge is -2.05. The van der Waals surface area contributed by atoms with Crippen molar-refractivity contribution in [1.82, 2.24) is 19.3 Å². The van der Waals surface area contributed by atoms with Crippen molar-refractivity contribution in [3.05, 3.63) is 24.5 Å². The first-order valence-electron chi connectivity index (χ1n) is 6.12. The van der Waals surface area contributed by atoms with E-state index in [2.05, 4.69) is 14.8 Å². The molecule has 7 nitrogen and oxygen atoms in total. The highest BCUT2D eigenvalue weighted by Crippen LogP contribution is 2.16. The number of aliphatic hydroxyl groups excluding tert-OH is 1. The van der Waals surface area contributed by atoms with Crippen LogP contribution in [0.25, 0.3) is 5.65 Å². The fraction of sp³-hybridized carbons (Fsp3) is 0.455. The minimum Gasteiger partial charge on any atom is -0.395 e. The van der Waals surface area contributed by atoms with Crippen LogP contribution in [0, 0.1) is 0 Å².